The second-order valence-corrected chi connectivity index (χ2v) is 4.87. The summed E-state index contributed by atoms with van der Waals surface area (Å²) in [6.07, 6.45) is 6.70. The van der Waals surface area contributed by atoms with E-state index in [2.05, 4.69) is 31.6 Å². The molecule has 0 bridgehead atoms. The van der Waals surface area contributed by atoms with Gasteiger partial charge in [0.05, 0.1) is 26.2 Å². The number of carbonyl (C=O) groups excluding carboxylic acids is 1. The third-order valence-corrected chi connectivity index (χ3v) is 3.03. The normalized spacial score (nSPS) is 10.6. The van der Waals surface area contributed by atoms with Gasteiger partial charge in [0, 0.05) is 18.5 Å². The molecule has 106 valence electrons. The molecule has 0 aromatic heterocycles. The first kappa shape index (κ1) is 17.4. The van der Waals surface area contributed by atoms with Crippen molar-refractivity contribution in [2.45, 2.75) is 13.3 Å². The molecule has 1 amide bonds. The van der Waals surface area contributed by atoms with Gasteiger partial charge in [-0.15, -0.1) is 0 Å². The predicted molar refractivity (Wildman–Crippen MR) is 82.8 cm³/mol. The smallest absolute Gasteiger partial charge is 0.246 e. The van der Waals surface area contributed by atoms with Crippen LogP contribution in [0, 0.1) is 0 Å². The summed E-state index contributed by atoms with van der Waals surface area (Å²) in [5.41, 5.74) is 0.545. The molecule has 0 rings (SSSR count). The van der Waals surface area contributed by atoms with E-state index in [0.717, 1.165) is 37.1 Å². The van der Waals surface area contributed by atoms with Gasteiger partial charge in [-0.25, -0.2) is 0 Å². The summed E-state index contributed by atoms with van der Waals surface area (Å²) in [6, 6.07) is 0. The Hall–Kier alpha value is -1.61. The van der Waals surface area contributed by atoms with Gasteiger partial charge in [-0.1, -0.05) is 26.3 Å². The first-order valence-corrected chi connectivity index (χ1v) is 6.63. The Morgan fingerprint density at radius 3 is 1.95 bits per heavy atom. The highest BCUT2D eigenvalue weighted by Crippen LogP contribution is 2.09. The van der Waals surface area contributed by atoms with Crippen molar-refractivity contribution in [3.8, 4) is 0 Å². The molecule has 0 heterocycles. The van der Waals surface area contributed by atoms with Crippen LogP contribution < -0.4 is 5.32 Å². The number of amides is 1. The van der Waals surface area contributed by atoms with E-state index >= 15 is 0 Å². The number of carbonyl (C=O) groups is 1. The largest absolute Gasteiger partial charge is 0.352 e. The summed E-state index contributed by atoms with van der Waals surface area (Å²) in [5, 5.41) is 2.86. The first-order chi connectivity index (χ1) is 9.01. The van der Waals surface area contributed by atoms with Gasteiger partial charge in [0.25, 0.3) is 0 Å². The van der Waals surface area contributed by atoms with E-state index in [1.165, 1.54) is 0 Å². The van der Waals surface area contributed by atoms with Gasteiger partial charge in [-0.3, -0.25) is 4.79 Å². The standard InChI is InChI=1S/C16H26N2O/c1-6-11-18(12-7-2,13-8-3)14-9-10-17-16(19)15(4)5/h6-8H,1-4,9-14H2,5H3/p+1. The Bertz CT molecular complexity index is 318. The van der Waals surface area contributed by atoms with Crippen molar-refractivity contribution in [3.63, 3.8) is 0 Å². The zero-order valence-corrected chi connectivity index (χ0v) is 12.2. The summed E-state index contributed by atoms with van der Waals surface area (Å²) in [6.45, 7) is 21.1. The fourth-order valence-electron chi connectivity index (χ4n) is 2.09. The average Bonchev–Trinajstić information content (AvgIpc) is 2.35. The van der Waals surface area contributed by atoms with Gasteiger partial charge in [-0.05, 0) is 25.2 Å². The lowest BCUT2D eigenvalue weighted by molar-refractivity contribution is -0.912. The van der Waals surface area contributed by atoms with Gasteiger partial charge in [0.2, 0.25) is 5.91 Å². The van der Waals surface area contributed by atoms with E-state index in [0.29, 0.717) is 12.1 Å². The fraction of sp³-hybridized carbons (Fsp3) is 0.438. The number of nitrogens with zero attached hydrogens (tertiary/aromatic N) is 1. The van der Waals surface area contributed by atoms with Crippen molar-refractivity contribution in [2.24, 2.45) is 0 Å². The summed E-state index contributed by atoms with van der Waals surface area (Å²) in [5.74, 6) is -0.0748. The van der Waals surface area contributed by atoms with Gasteiger partial charge in [0.15, 0.2) is 0 Å². The molecule has 0 aliphatic carbocycles. The summed E-state index contributed by atoms with van der Waals surface area (Å²) < 4.78 is 0.861. The quantitative estimate of drug-likeness (QED) is 0.264. The van der Waals surface area contributed by atoms with Crippen molar-refractivity contribution >= 4 is 5.91 Å². The predicted octanol–water partition coefficient (Wildman–Crippen LogP) is 2.44. The number of hydrogen-bond acceptors (Lipinski definition) is 1. The van der Waals surface area contributed by atoms with Crippen LogP contribution in [0.25, 0.3) is 0 Å². The SMILES string of the molecule is C=CC[N+](CC=C)(CC=C)CCCNC(=O)C(=C)C. The zero-order chi connectivity index (χ0) is 14.7. The number of hydrogen-bond donors (Lipinski definition) is 1. The average molecular weight is 263 g/mol. The topological polar surface area (TPSA) is 29.1 Å². The Morgan fingerprint density at radius 1 is 1.11 bits per heavy atom. The molecule has 0 aromatic carbocycles. The molecule has 0 aromatic rings. The van der Waals surface area contributed by atoms with Crippen LogP contribution in [-0.2, 0) is 4.79 Å². The van der Waals surface area contributed by atoms with Crippen LogP contribution in [-0.4, -0.2) is 43.1 Å². The zero-order valence-electron chi connectivity index (χ0n) is 12.2. The Balaban J connectivity index is 4.35. The molecule has 0 aliphatic heterocycles. The fourth-order valence-corrected chi connectivity index (χ4v) is 2.09. The maximum atomic E-state index is 11.4. The van der Waals surface area contributed by atoms with Crippen LogP contribution in [0.4, 0.5) is 0 Å². The third-order valence-electron chi connectivity index (χ3n) is 3.03. The molecule has 3 heteroatoms. The third kappa shape index (κ3) is 6.77. The van der Waals surface area contributed by atoms with Crippen molar-refractivity contribution in [1.29, 1.82) is 0 Å². The summed E-state index contributed by atoms with van der Waals surface area (Å²) >= 11 is 0. The van der Waals surface area contributed by atoms with Crippen molar-refractivity contribution in [2.75, 3.05) is 32.7 Å². The van der Waals surface area contributed by atoms with Crippen LogP contribution in [0.3, 0.4) is 0 Å². The number of quaternary nitrogens is 1. The van der Waals surface area contributed by atoms with E-state index in [4.69, 9.17) is 0 Å². The van der Waals surface area contributed by atoms with E-state index in [-0.39, 0.29) is 5.91 Å². The highest BCUT2D eigenvalue weighted by atomic mass is 16.1. The minimum Gasteiger partial charge on any atom is -0.352 e. The van der Waals surface area contributed by atoms with Crippen LogP contribution in [0.5, 0.6) is 0 Å². The number of nitrogens with one attached hydrogen (secondary N) is 1. The lowest BCUT2D eigenvalue weighted by atomic mass is 10.2. The highest BCUT2D eigenvalue weighted by Gasteiger charge is 2.22. The minimum absolute atomic E-state index is 0.0748. The van der Waals surface area contributed by atoms with Gasteiger partial charge in [0.1, 0.15) is 0 Å². The second-order valence-electron chi connectivity index (χ2n) is 4.87. The lowest BCUT2D eigenvalue weighted by Crippen LogP contribution is -2.49. The highest BCUT2D eigenvalue weighted by molar-refractivity contribution is 5.91. The molecular weight excluding hydrogens is 236 g/mol. The first-order valence-electron chi connectivity index (χ1n) is 6.63. The molecule has 0 atom stereocenters. The lowest BCUT2D eigenvalue weighted by Gasteiger charge is -2.36. The van der Waals surface area contributed by atoms with Crippen LogP contribution in [0.2, 0.25) is 0 Å². The van der Waals surface area contributed by atoms with Crippen molar-refractivity contribution < 1.29 is 9.28 Å². The Morgan fingerprint density at radius 2 is 1.58 bits per heavy atom. The van der Waals surface area contributed by atoms with E-state index < -0.39 is 0 Å². The van der Waals surface area contributed by atoms with Gasteiger partial charge >= 0.3 is 0 Å². The Kier molecular flexibility index (Phi) is 8.55. The van der Waals surface area contributed by atoms with E-state index in [1.54, 1.807) is 6.92 Å². The van der Waals surface area contributed by atoms with Crippen molar-refractivity contribution in [1.82, 2.24) is 5.32 Å². The van der Waals surface area contributed by atoms with E-state index in [9.17, 15) is 4.79 Å². The van der Waals surface area contributed by atoms with Crippen LogP contribution in [0.1, 0.15) is 13.3 Å². The second kappa shape index (κ2) is 9.34. The minimum atomic E-state index is -0.0748. The van der Waals surface area contributed by atoms with E-state index in [1.807, 2.05) is 18.2 Å². The van der Waals surface area contributed by atoms with Crippen LogP contribution >= 0.6 is 0 Å². The number of rotatable bonds is 11. The maximum Gasteiger partial charge on any atom is 0.246 e. The van der Waals surface area contributed by atoms with Crippen LogP contribution in [0.15, 0.2) is 50.1 Å². The maximum absolute atomic E-state index is 11.4. The van der Waals surface area contributed by atoms with Crippen molar-refractivity contribution in [3.05, 3.63) is 50.1 Å². The molecule has 0 radical (unpaired) electrons. The Labute approximate surface area is 117 Å². The molecule has 1 N–H and O–H groups in total. The molecule has 0 spiro atoms. The molecule has 0 fully saturated rings. The molecule has 0 aliphatic rings. The summed E-state index contributed by atoms with van der Waals surface area (Å²) in [4.78, 5) is 11.4. The van der Waals surface area contributed by atoms with Gasteiger partial charge < -0.3 is 9.80 Å². The molecular formula is C16H27N2O+. The molecule has 19 heavy (non-hydrogen) atoms. The molecule has 0 saturated carbocycles. The molecule has 3 nitrogen and oxygen atoms in total. The monoisotopic (exact) mass is 263 g/mol. The molecule has 0 unspecified atom stereocenters. The summed E-state index contributed by atoms with van der Waals surface area (Å²) in [7, 11) is 0. The molecule has 0 saturated heterocycles. The van der Waals surface area contributed by atoms with Gasteiger partial charge in [-0.2, -0.15) is 0 Å².